The number of nitro benzene ring substituents is 1. The summed E-state index contributed by atoms with van der Waals surface area (Å²) in [5.41, 5.74) is 0.858. The number of ether oxygens (including phenoxy) is 1. The Kier molecular flexibility index (Phi) is 4.77. The zero-order chi connectivity index (χ0) is 20.2. The fourth-order valence-electron chi connectivity index (χ4n) is 2.63. The first kappa shape index (κ1) is 18.0. The molecule has 9 heteroatoms. The van der Waals surface area contributed by atoms with Gasteiger partial charge in [-0.05, 0) is 42.5 Å². The molecule has 0 aliphatic heterocycles. The minimum Gasteiger partial charge on any atom is -0.438 e. The Hall–Kier alpha value is -4.40. The molecule has 142 valence electrons. The van der Waals surface area contributed by atoms with Crippen molar-refractivity contribution in [3.63, 3.8) is 0 Å². The van der Waals surface area contributed by atoms with Gasteiger partial charge in [-0.15, -0.1) is 0 Å². The molecule has 1 N–H and O–H groups in total. The zero-order valence-corrected chi connectivity index (χ0v) is 14.9. The lowest BCUT2D eigenvalue weighted by Gasteiger charge is -2.08. The Morgan fingerprint density at radius 3 is 2.55 bits per heavy atom. The molecule has 0 spiro atoms. The third-order valence-electron chi connectivity index (χ3n) is 4.03. The van der Waals surface area contributed by atoms with Crippen molar-refractivity contribution in [2.45, 2.75) is 0 Å². The van der Waals surface area contributed by atoms with Crippen LogP contribution in [0.3, 0.4) is 0 Å². The summed E-state index contributed by atoms with van der Waals surface area (Å²) in [5.74, 6) is 0.750. The van der Waals surface area contributed by atoms with E-state index in [1.54, 1.807) is 48.7 Å². The Morgan fingerprint density at radius 1 is 1.00 bits per heavy atom. The number of rotatable bonds is 5. The van der Waals surface area contributed by atoms with Gasteiger partial charge in [-0.3, -0.25) is 14.9 Å². The van der Waals surface area contributed by atoms with Crippen molar-refractivity contribution in [3.8, 4) is 11.6 Å². The number of benzene rings is 2. The summed E-state index contributed by atoms with van der Waals surface area (Å²) in [6, 6.07) is 15.9. The van der Waals surface area contributed by atoms with Gasteiger partial charge in [-0.1, -0.05) is 6.07 Å². The summed E-state index contributed by atoms with van der Waals surface area (Å²) in [4.78, 5) is 35.0. The summed E-state index contributed by atoms with van der Waals surface area (Å²) in [6.45, 7) is 0. The van der Waals surface area contributed by atoms with Gasteiger partial charge in [0.15, 0.2) is 0 Å². The second-order valence-corrected chi connectivity index (χ2v) is 5.93. The first-order valence-electron chi connectivity index (χ1n) is 8.49. The first-order valence-corrected chi connectivity index (χ1v) is 8.49. The number of nitro groups is 1. The minimum absolute atomic E-state index is 0.0845. The summed E-state index contributed by atoms with van der Waals surface area (Å²) >= 11 is 0. The van der Waals surface area contributed by atoms with Crippen LogP contribution >= 0.6 is 0 Å². The van der Waals surface area contributed by atoms with Crippen molar-refractivity contribution >= 4 is 28.3 Å². The summed E-state index contributed by atoms with van der Waals surface area (Å²) < 4.78 is 5.76. The Morgan fingerprint density at radius 2 is 1.83 bits per heavy atom. The molecule has 2 aromatic heterocycles. The zero-order valence-electron chi connectivity index (χ0n) is 14.9. The molecule has 1 amide bonds. The molecule has 9 nitrogen and oxygen atoms in total. The number of carbonyl (C=O) groups is 1. The maximum absolute atomic E-state index is 12.3. The number of carbonyl (C=O) groups excluding carboxylic acids is 1. The largest absolute Gasteiger partial charge is 0.438 e. The number of nitrogens with zero attached hydrogens (tertiary/aromatic N) is 4. The molecule has 0 aliphatic carbocycles. The monoisotopic (exact) mass is 387 g/mol. The van der Waals surface area contributed by atoms with Crippen LogP contribution in [0.2, 0.25) is 0 Å². The predicted octanol–water partition coefficient (Wildman–Crippen LogP) is 3.98. The smallest absolute Gasteiger partial charge is 0.270 e. The van der Waals surface area contributed by atoms with Gasteiger partial charge in [0.25, 0.3) is 11.6 Å². The number of hydrogen-bond acceptors (Lipinski definition) is 7. The molecule has 0 fully saturated rings. The molecule has 0 bridgehead atoms. The van der Waals surface area contributed by atoms with Crippen LogP contribution in [0.4, 0.5) is 11.5 Å². The fraction of sp³-hybridized carbons (Fsp3) is 0. The SMILES string of the molecule is O=C(Nc1ccccn1)c1ccc(Oc2ncnc3ccc([N+](=O)[O-])cc23)cc1. The van der Waals surface area contributed by atoms with Crippen molar-refractivity contribution in [2.75, 3.05) is 5.32 Å². The first-order chi connectivity index (χ1) is 14.1. The van der Waals surface area contributed by atoms with Crippen molar-refractivity contribution < 1.29 is 14.5 Å². The van der Waals surface area contributed by atoms with Gasteiger partial charge in [0.1, 0.15) is 17.9 Å². The number of fused-ring (bicyclic) bond motifs is 1. The van der Waals surface area contributed by atoms with E-state index in [1.807, 2.05) is 0 Å². The van der Waals surface area contributed by atoms with Crippen molar-refractivity contribution in [1.29, 1.82) is 0 Å². The average molecular weight is 387 g/mol. The van der Waals surface area contributed by atoms with Crippen LogP contribution in [0.25, 0.3) is 10.9 Å². The maximum atomic E-state index is 12.3. The van der Waals surface area contributed by atoms with E-state index in [1.165, 1.54) is 24.5 Å². The lowest BCUT2D eigenvalue weighted by Crippen LogP contribution is -2.12. The molecular weight excluding hydrogens is 374 g/mol. The van der Waals surface area contributed by atoms with Crippen LogP contribution in [-0.4, -0.2) is 25.8 Å². The molecule has 0 saturated carbocycles. The number of amides is 1. The number of non-ortho nitro benzene ring substituents is 1. The van der Waals surface area contributed by atoms with E-state index in [4.69, 9.17) is 4.74 Å². The number of pyridine rings is 1. The molecule has 2 heterocycles. The predicted molar refractivity (Wildman–Crippen MR) is 105 cm³/mol. The van der Waals surface area contributed by atoms with Crippen LogP contribution in [-0.2, 0) is 0 Å². The Labute approximate surface area is 164 Å². The Balaban J connectivity index is 1.55. The maximum Gasteiger partial charge on any atom is 0.270 e. The quantitative estimate of drug-likeness (QED) is 0.406. The lowest BCUT2D eigenvalue weighted by molar-refractivity contribution is -0.384. The number of nitrogens with one attached hydrogen (secondary N) is 1. The highest BCUT2D eigenvalue weighted by Gasteiger charge is 2.13. The number of hydrogen-bond donors (Lipinski definition) is 1. The fourth-order valence-corrected chi connectivity index (χ4v) is 2.63. The van der Waals surface area contributed by atoms with Gasteiger partial charge in [-0.25, -0.2) is 15.0 Å². The van der Waals surface area contributed by atoms with Gasteiger partial charge >= 0.3 is 0 Å². The summed E-state index contributed by atoms with van der Waals surface area (Å²) in [7, 11) is 0. The third kappa shape index (κ3) is 3.98. The summed E-state index contributed by atoms with van der Waals surface area (Å²) in [5, 5.41) is 14.1. The van der Waals surface area contributed by atoms with Crippen molar-refractivity contribution in [1.82, 2.24) is 15.0 Å². The molecule has 0 saturated heterocycles. The molecule has 0 unspecified atom stereocenters. The van der Waals surface area contributed by atoms with Crippen LogP contribution in [0.1, 0.15) is 10.4 Å². The highest BCUT2D eigenvalue weighted by molar-refractivity contribution is 6.03. The van der Waals surface area contributed by atoms with E-state index in [-0.39, 0.29) is 17.5 Å². The standard InChI is InChI=1S/C20H13N5O4/c26-19(24-18-3-1-2-10-21-18)13-4-7-15(8-5-13)29-20-16-11-14(25(27)28)6-9-17(16)22-12-23-20/h1-12H,(H,21,24,26). The van der Waals surface area contributed by atoms with Gasteiger partial charge in [0.2, 0.25) is 5.88 Å². The molecule has 0 aliphatic rings. The topological polar surface area (TPSA) is 120 Å². The van der Waals surface area contributed by atoms with Crippen molar-refractivity contribution in [3.05, 3.63) is 88.9 Å². The molecule has 2 aromatic carbocycles. The minimum atomic E-state index is -0.495. The van der Waals surface area contributed by atoms with Crippen LogP contribution in [0, 0.1) is 10.1 Å². The van der Waals surface area contributed by atoms with Crippen molar-refractivity contribution in [2.24, 2.45) is 0 Å². The third-order valence-corrected chi connectivity index (χ3v) is 4.03. The van der Waals surface area contributed by atoms with E-state index >= 15 is 0 Å². The van der Waals surface area contributed by atoms with E-state index < -0.39 is 4.92 Å². The molecule has 0 radical (unpaired) electrons. The van der Waals surface area contributed by atoms with E-state index in [9.17, 15) is 14.9 Å². The van der Waals surface area contributed by atoms with Gasteiger partial charge in [-0.2, -0.15) is 0 Å². The summed E-state index contributed by atoms with van der Waals surface area (Å²) in [6.07, 6.45) is 2.90. The highest BCUT2D eigenvalue weighted by Crippen LogP contribution is 2.29. The second-order valence-electron chi connectivity index (χ2n) is 5.93. The van der Waals surface area contributed by atoms with Gasteiger partial charge in [0.05, 0.1) is 15.8 Å². The van der Waals surface area contributed by atoms with Crippen LogP contribution < -0.4 is 10.1 Å². The van der Waals surface area contributed by atoms with Crippen LogP contribution in [0.5, 0.6) is 11.6 Å². The molecule has 4 aromatic rings. The Bertz CT molecular complexity index is 1200. The highest BCUT2D eigenvalue weighted by atomic mass is 16.6. The lowest BCUT2D eigenvalue weighted by atomic mass is 10.2. The van der Waals surface area contributed by atoms with Gasteiger partial charge < -0.3 is 10.1 Å². The number of anilines is 1. The normalized spacial score (nSPS) is 10.5. The number of aromatic nitrogens is 3. The van der Waals surface area contributed by atoms with Gasteiger partial charge in [0, 0.05) is 23.9 Å². The molecule has 29 heavy (non-hydrogen) atoms. The van der Waals surface area contributed by atoms with E-state index in [0.29, 0.717) is 28.0 Å². The van der Waals surface area contributed by atoms with E-state index in [0.717, 1.165) is 0 Å². The second kappa shape index (κ2) is 7.69. The average Bonchev–Trinajstić information content (AvgIpc) is 2.75. The molecule has 0 atom stereocenters. The van der Waals surface area contributed by atoms with Crippen LogP contribution in [0.15, 0.2) is 73.2 Å². The van der Waals surface area contributed by atoms with E-state index in [2.05, 4.69) is 20.3 Å². The molecular formula is C20H13N5O4. The molecule has 4 rings (SSSR count).